The van der Waals surface area contributed by atoms with Crippen molar-refractivity contribution in [2.24, 2.45) is 5.92 Å². The Balaban J connectivity index is 1.12. The third-order valence-electron chi connectivity index (χ3n) is 6.86. The van der Waals surface area contributed by atoms with Crippen LogP contribution in [0.3, 0.4) is 0 Å². The fraction of sp³-hybridized carbons (Fsp3) is 0.310. The van der Waals surface area contributed by atoms with E-state index in [0.717, 1.165) is 60.4 Å². The molecule has 0 atom stereocenters. The molecule has 0 spiro atoms. The fourth-order valence-corrected chi connectivity index (χ4v) is 4.72. The molecule has 8 heteroatoms. The number of oxazole rings is 1. The number of amides is 1. The lowest BCUT2D eigenvalue weighted by Crippen LogP contribution is -2.31. The van der Waals surface area contributed by atoms with Crippen LogP contribution in [-0.2, 0) is 6.61 Å². The van der Waals surface area contributed by atoms with Gasteiger partial charge >= 0.3 is 0 Å². The normalized spacial score (nSPS) is 17.5. The van der Waals surface area contributed by atoms with Crippen LogP contribution in [0, 0.1) is 17.6 Å². The third kappa shape index (κ3) is 5.74. The van der Waals surface area contributed by atoms with E-state index in [1.807, 2.05) is 24.3 Å². The highest BCUT2D eigenvalue weighted by atomic mass is 19.1. The first kappa shape index (κ1) is 24.7. The molecule has 0 saturated heterocycles. The molecule has 0 aliphatic heterocycles. The summed E-state index contributed by atoms with van der Waals surface area (Å²) in [5.41, 5.74) is 2.31. The summed E-state index contributed by atoms with van der Waals surface area (Å²) in [7, 11) is 1.56. The van der Waals surface area contributed by atoms with Crippen LogP contribution in [0.25, 0.3) is 11.1 Å². The molecular formula is C29H28F2N2O4. The van der Waals surface area contributed by atoms with E-state index in [1.165, 1.54) is 0 Å². The molecule has 1 heterocycles. The average molecular weight is 507 g/mol. The van der Waals surface area contributed by atoms with E-state index < -0.39 is 23.3 Å². The molecule has 1 aliphatic rings. The summed E-state index contributed by atoms with van der Waals surface area (Å²) in [6.45, 7) is 0.424. The van der Waals surface area contributed by atoms with Crippen molar-refractivity contribution in [2.75, 3.05) is 13.7 Å². The lowest BCUT2D eigenvalue weighted by molar-refractivity contribution is 0.0941. The SMILES string of the molecule is COc1ccc(COc2c(F)cc(C(=O)NC[C@H]3CC[C@H](c4nc5ccccc5o4)CC3)cc2F)cc1. The van der Waals surface area contributed by atoms with Gasteiger partial charge < -0.3 is 19.2 Å². The van der Waals surface area contributed by atoms with E-state index in [9.17, 15) is 13.6 Å². The van der Waals surface area contributed by atoms with Gasteiger partial charge in [0.1, 0.15) is 17.9 Å². The van der Waals surface area contributed by atoms with Crippen molar-refractivity contribution in [1.82, 2.24) is 10.3 Å². The molecule has 5 rings (SSSR count). The molecular weight excluding hydrogens is 478 g/mol. The second kappa shape index (κ2) is 11.0. The quantitative estimate of drug-likeness (QED) is 0.299. The number of carbonyl (C=O) groups is 1. The Morgan fingerprint density at radius 1 is 1.03 bits per heavy atom. The molecule has 37 heavy (non-hydrogen) atoms. The molecule has 1 saturated carbocycles. The Morgan fingerprint density at radius 2 is 1.73 bits per heavy atom. The zero-order chi connectivity index (χ0) is 25.8. The molecule has 1 aromatic heterocycles. The van der Waals surface area contributed by atoms with Gasteiger partial charge in [-0.15, -0.1) is 0 Å². The Hall–Kier alpha value is -3.94. The Bertz CT molecular complexity index is 1320. The minimum atomic E-state index is -0.919. The highest BCUT2D eigenvalue weighted by Gasteiger charge is 2.26. The zero-order valence-corrected chi connectivity index (χ0v) is 20.5. The molecule has 1 aliphatic carbocycles. The maximum atomic E-state index is 14.6. The van der Waals surface area contributed by atoms with E-state index >= 15 is 0 Å². The number of benzene rings is 3. The number of fused-ring (bicyclic) bond motifs is 1. The van der Waals surface area contributed by atoms with Gasteiger partial charge in [0.25, 0.3) is 5.91 Å². The maximum Gasteiger partial charge on any atom is 0.251 e. The standard InChI is InChI=1S/C29H28F2N2O4/c1-35-22-12-8-19(9-13-22)17-36-27-23(30)14-21(15-24(27)31)28(34)32-16-18-6-10-20(11-7-18)29-33-25-4-2-3-5-26(25)37-29/h2-5,8-9,12-15,18,20H,6-7,10-11,16-17H2,1H3,(H,32,34)/t18-,20-. The van der Waals surface area contributed by atoms with Gasteiger partial charge in [-0.2, -0.15) is 0 Å². The van der Waals surface area contributed by atoms with Crippen LogP contribution in [0.15, 0.2) is 65.1 Å². The van der Waals surface area contributed by atoms with E-state index in [2.05, 4.69) is 10.3 Å². The van der Waals surface area contributed by atoms with Crippen molar-refractivity contribution >= 4 is 17.0 Å². The second-order valence-electron chi connectivity index (χ2n) is 9.35. The number of nitrogens with one attached hydrogen (secondary N) is 1. The van der Waals surface area contributed by atoms with Gasteiger partial charge in [-0.3, -0.25) is 4.79 Å². The summed E-state index contributed by atoms with van der Waals surface area (Å²) in [6, 6.07) is 16.7. The second-order valence-corrected chi connectivity index (χ2v) is 9.35. The minimum Gasteiger partial charge on any atom is -0.497 e. The highest BCUT2D eigenvalue weighted by molar-refractivity contribution is 5.94. The molecule has 6 nitrogen and oxygen atoms in total. The fourth-order valence-electron chi connectivity index (χ4n) is 4.72. The van der Waals surface area contributed by atoms with E-state index in [-0.39, 0.29) is 24.0 Å². The van der Waals surface area contributed by atoms with Gasteiger partial charge in [-0.1, -0.05) is 24.3 Å². The lowest BCUT2D eigenvalue weighted by Gasteiger charge is -2.26. The number of hydrogen-bond donors (Lipinski definition) is 1. The largest absolute Gasteiger partial charge is 0.497 e. The van der Waals surface area contributed by atoms with Gasteiger partial charge in [0.05, 0.1) is 7.11 Å². The van der Waals surface area contributed by atoms with Crippen molar-refractivity contribution in [1.29, 1.82) is 0 Å². The molecule has 192 valence electrons. The molecule has 1 N–H and O–H groups in total. The summed E-state index contributed by atoms with van der Waals surface area (Å²) in [5.74, 6) is -0.878. The van der Waals surface area contributed by atoms with Crippen molar-refractivity contribution in [2.45, 2.75) is 38.2 Å². The molecule has 3 aromatic carbocycles. The van der Waals surface area contributed by atoms with E-state index in [0.29, 0.717) is 12.3 Å². The van der Waals surface area contributed by atoms with Crippen LogP contribution in [0.4, 0.5) is 8.78 Å². The number of carbonyl (C=O) groups excluding carboxylic acids is 1. The van der Waals surface area contributed by atoms with Crippen molar-refractivity contribution in [3.05, 3.63) is 89.3 Å². The van der Waals surface area contributed by atoms with Gasteiger partial charge in [0.15, 0.2) is 28.9 Å². The summed E-state index contributed by atoms with van der Waals surface area (Å²) in [5, 5.41) is 2.82. The van der Waals surface area contributed by atoms with E-state index in [1.54, 1.807) is 31.4 Å². The Kier molecular flexibility index (Phi) is 7.35. The summed E-state index contributed by atoms with van der Waals surface area (Å²) in [4.78, 5) is 17.2. The van der Waals surface area contributed by atoms with Gasteiger partial charge in [-0.25, -0.2) is 13.8 Å². The maximum absolute atomic E-state index is 14.6. The Morgan fingerprint density at radius 3 is 2.41 bits per heavy atom. The van der Waals surface area contributed by atoms with Crippen LogP contribution in [-0.4, -0.2) is 24.5 Å². The van der Waals surface area contributed by atoms with Crippen molar-refractivity contribution in [3.63, 3.8) is 0 Å². The third-order valence-corrected chi connectivity index (χ3v) is 6.86. The van der Waals surface area contributed by atoms with Crippen LogP contribution in [0.5, 0.6) is 11.5 Å². The van der Waals surface area contributed by atoms with Gasteiger partial charge in [0.2, 0.25) is 0 Å². The first-order valence-electron chi connectivity index (χ1n) is 12.4. The zero-order valence-electron chi connectivity index (χ0n) is 20.5. The molecule has 0 unspecified atom stereocenters. The monoisotopic (exact) mass is 506 g/mol. The lowest BCUT2D eigenvalue weighted by atomic mass is 9.82. The number of halogens is 2. The summed E-state index contributed by atoms with van der Waals surface area (Å²) in [6.07, 6.45) is 3.64. The highest BCUT2D eigenvalue weighted by Crippen LogP contribution is 2.36. The Labute approximate surface area is 213 Å². The minimum absolute atomic E-state index is 0.0183. The van der Waals surface area contributed by atoms with Crippen LogP contribution in [0.2, 0.25) is 0 Å². The summed E-state index contributed by atoms with van der Waals surface area (Å²) >= 11 is 0. The van der Waals surface area contributed by atoms with Crippen LogP contribution >= 0.6 is 0 Å². The first-order chi connectivity index (χ1) is 18.0. The predicted molar refractivity (Wildman–Crippen MR) is 135 cm³/mol. The number of ether oxygens (including phenoxy) is 2. The number of aromatic nitrogens is 1. The smallest absolute Gasteiger partial charge is 0.251 e. The topological polar surface area (TPSA) is 73.6 Å². The average Bonchev–Trinajstić information content (AvgIpc) is 3.36. The molecule has 0 bridgehead atoms. The molecule has 1 amide bonds. The number of para-hydroxylation sites is 2. The van der Waals surface area contributed by atoms with Crippen LogP contribution in [0.1, 0.15) is 53.4 Å². The number of methoxy groups -OCH3 is 1. The van der Waals surface area contributed by atoms with Crippen molar-refractivity contribution < 1.29 is 27.5 Å². The predicted octanol–water partition coefficient (Wildman–Crippen LogP) is 6.40. The molecule has 4 aromatic rings. The van der Waals surface area contributed by atoms with Gasteiger partial charge in [0, 0.05) is 18.0 Å². The first-order valence-corrected chi connectivity index (χ1v) is 12.4. The molecule has 1 fully saturated rings. The van der Waals surface area contributed by atoms with Crippen LogP contribution < -0.4 is 14.8 Å². The number of hydrogen-bond acceptors (Lipinski definition) is 5. The summed E-state index contributed by atoms with van der Waals surface area (Å²) < 4.78 is 45.5. The van der Waals surface area contributed by atoms with E-state index in [4.69, 9.17) is 13.9 Å². The van der Waals surface area contributed by atoms with Gasteiger partial charge in [-0.05, 0) is 73.6 Å². The van der Waals surface area contributed by atoms with Crippen molar-refractivity contribution in [3.8, 4) is 11.5 Å². The number of nitrogens with zero attached hydrogens (tertiary/aromatic N) is 1. The number of rotatable bonds is 8. The molecule has 0 radical (unpaired) electrons.